The van der Waals surface area contributed by atoms with E-state index in [-0.39, 0.29) is 11.1 Å². The predicted octanol–water partition coefficient (Wildman–Crippen LogP) is 5.11. The number of piperidine rings is 2. The van der Waals surface area contributed by atoms with Gasteiger partial charge in [0.05, 0.1) is 146 Å². The van der Waals surface area contributed by atoms with Crippen LogP contribution < -0.4 is 11.1 Å². The number of imidazole rings is 1. The summed E-state index contributed by atoms with van der Waals surface area (Å²) in [6.45, 7) is 18.7. The standard InChI is InChI=1S/C55H87N9O11S2/c1-4-5-10-49-61-51-52(64(49)43-44-12-17-62(18-13-44)21-24-67-2)53-47(60-54(51)56)40-48(76-53)46-14-19-63(20-15-46)22-25-69-27-29-71-31-33-73-35-37-75-39-38-74-36-34-72-32-30-70-28-26-68-23-16-57-50(65)11-8-6-7-9-45-41-58-55(59-42-45)77(3)66/h40-42,44,46H,4-6,8,10-39,43H2,1-3H3,(H2,56,60)(H,57,65). The van der Waals surface area contributed by atoms with Crippen molar-refractivity contribution in [1.82, 2.24) is 39.6 Å². The largest absolute Gasteiger partial charge is 0.609 e. The Labute approximate surface area is 463 Å². The fraction of sp³-hybridized carbons (Fsp3) is 0.727. The van der Waals surface area contributed by atoms with Crippen molar-refractivity contribution in [3.8, 4) is 11.8 Å². The molecule has 0 aromatic carbocycles. The Balaban J connectivity index is 0.684. The van der Waals surface area contributed by atoms with Crippen molar-refractivity contribution in [1.29, 1.82) is 0 Å². The van der Waals surface area contributed by atoms with Crippen LogP contribution in [0.15, 0.2) is 23.6 Å². The van der Waals surface area contributed by atoms with Gasteiger partial charge in [0.1, 0.15) is 17.6 Å². The molecule has 4 aromatic rings. The smallest absolute Gasteiger partial charge is 0.342 e. The first-order valence-corrected chi connectivity index (χ1v) is 30.2. The van der Waals surface area contributed by atoms with Crippen molar-refractivity contribution >= 4 is 55.5 Å². The van der Waals surface area contributed by atoms with E-state index in [1.54, 1.807) is 19.5 Å². The summed E-state index contributed by atoms with van der Waals surface area (Å²) in [5, 5.41) is 3.12. The molecule has 6 heterocycles. The first-order valence-electron chi connectivity index (χ1n) is 27.9. The van der Waals surface area contributed by atoms with Crippen molar-refractivity contribution in [2.45, 2.75) is 88.8 Å². The van der Waals surface area contributed by atoms with E-state index in [2.05, 4.69) is 54.5 Å². The molecule has 1 unspecified atom stereocenters. The molecule has 3 N–H and O–H groups in total. The van der Waals surface area contributed by atoms with Gasteiger partial charge in [-0.1, -0.05) is 25.2 Å². The predicted molar refractivity (Wildman–Crippen MR) is 300 cm³/mol. The van der Waals surface area contributed by atoms with E-state index >= 15 is 0 Å². The van der Waals surface area contributed by atoms with E-state index < -0.39 is 11.2 Å². The number of hydrogen-bond donors (Lipinski definition) is 2. The van der Waals surface area contributed by atoms with E-state index in [4.69, 9.17) is 58.3 Å². The summed E-state index contributed by atoms with van der Waals surface area (Å²) in [4.78, 5) is 36.6. The molecule has 77 heavy (non-hydrogen) atoms. The molecule has 20 nitrogen and oxygen atoms in total. The molecule has 1 atom stereocenters. The van der Waals surface area contributed by atoms with E-state index in [9.17, 15) is 9.35 Å². The molecular formula is C55H87N9O11S2. The molecule has 2 aliphatic rings. The molecule has 2 aliphatic heterocycles. The van der Waals surface area contributed by atoms with Crippen LogP contribution in [0.4, 0.5) is 5.82 Å². The number of unbranched alkanes of at least 4 members (excludes halogenated alkanes) is 2. The number of thiophene rings is 1. The zero-order valence-corrected chi connectivity index (χ0v) is 47.8. The van der Waals surface area contributed by atoms with E-state index in [1.165, 1.54) is 34.2 Å². The fourth-order valence-corrected chi connectivity index (χ4v) is 10.9. The number of ether oxygens (including phenoxy) is 9. The Morgan fingerprint density at radius 1 is 0.766 bits per heavy atom. The minimum absolute atomic E-state index is 0.0404. The van der Waals surface area contributed by atoms with Gasteiger partial charge in [-0.05, 0) is 82.6 Å². The van der Waals surface area contributed by atoms with Gasteiger partial charge in [0.2, 0.25) is 5.91 Å². The summed E-state index contributed by atoms with van der Waals surface area (Å²) >= 11 is 0.697. The lowest BCUT2D eigenvalue weighted by atomic mass is 9.95. The van der Waals surface area contributed by atoms with Gasteiger partial charge in [0.25, 0.3) is 0 Å². The van der Waals surface area contributed by atoms with Crippen molar-refractivity contribution in [3.05, 3.63) is 34.7 Å². The highest BCUT2D eigenvalue weighted by atomic mass is 32.2. The van der Waals surface area contributed by atoms with Gasteiger partial charge >= 0.3 is 5.16 Å². The summed E-state index contributed by atoms with van der Waals surface area (Å²) in [7, 11) is 1.78. The Morgan fingerprint density at radius 2 is 1.31 bits per heavy atom. The lowest BCUT2D eigenvalue weighted by molar-refractivity contribution is -0.121. The highest BCUT2D eigenvalue weighted by molar-refractivity contribution is 7.90. The molecule has 1 amide bonds. The second-order valence-electron chi connectivity index (χ2n) is 19.3. The van der Waals surface area contributed by atoms with Crippen LogP contribution in [0.1, 0.15) is 86.9 Å². The van der Waals surface area contributed by atoms with E-state index in [0.717, 1.165) is 101 Å². The number of methoxy groups -OCH3 is 1. The van der Waals surface area contributed by atoms with Gasteiger partial charge in [-0.3, -0.25) is 4.79 Å². The van der Waals surface area contributed by atoms with Crippen LogP contribution in [0.3, 0.4) is 0 Å². The number of nitrogens with two attached hydrogens (primary N) is 1. The third kappa shape index (κ3) is 23.2. The van der Waals surface area contributed by atoms with Crippen molar-refractivity contribution in [2.75, 3.05) is 177 Å². The highest BCUT2D eigenvalue weighted by Gasteiger charge is 2.27. The molecule has 22 heteroatoms. The zero-order valence-electron chi connectivity index (χ0n) is 46.2. The Bertz CT molecular complexity index is 2300. The third-order valence-corrected chi connectivity index (χ3v) is 15.5. The number of carbonyl (C=O) groups is 1. The summed E-state index contributed by atoms with van der Waals surface area (Å²) in [5.41, 5.74) is 10.4. The average molecular weight is 1110 g/mol. The van der Waals surface area contributed by atoms with Gasteiger partial charge in [0, 0.05) is 68.6 Å². The van der Waals surface area contributed by atoms with Crippen LogP contribution in [0.25, 0.3) is 21.3 Å². The number of anilines is 1. The van der Waals surface area contributed by atoms with Gasteiger partial charge in [0.15, 0.2) is 5.82 Å². The summed E-state index contributed by atoms with van der Waals surface area (Å²) in [5.74, 6) is 8.76. The molecule has 430 valence electrons. The normalized spacial score (nSPS) is 15.4. The van der Waals surface area contributed by atoms with Crippen LogP contribution in [0, 0.1) is 17.8 Å². The lowest BCUT2D eigenvalue weighted by Crippen LogP contribution is -2.37. The number of fused-ring (bicyclic) bond motifs is 3. The maximum atomic E-state index is 12.0. The van der Waals surface area contributed by atoms with Gasteiger partial charge in [-0.15, -0.1) is 11.3 Å². The van der Waals surface area contributed by atoms with Crippen LogP contribution in [-0.4, -0.2) is 216 Å². The monoisotopic (exact) mass is 1110 g/mol. The number of pyridine rings is 1. The van der Waals surface area contributed by atoms with Crippen molar-refractivity contribution in [2.24, 2.45) is 5.92 Å². The maximum Gasteiger partial charge on any atom is 0.342 e. The minimum atomic E-state index is -1.22. The first-order chi connectivity index (χ1) is 37.8. The minimum Gasteiger partial charge on any atom is -0.609 e. The zero-order chi connectivity index (χ0) is 54.1. The molecule has 2 fully saturated rings. The van der Waals surface area contributed by atoms with E-state index in [0.29, 0.717) is 155 Å². The molecule has 0 aliphatic carbocycles. The molecule has 0 saturated carbocycles. The molecule has 0 spiro atoms. The molecule has 0 bridgehead atoms. The fourth-order valence-electron chi connectivity index (χ4n) is 9.20. The number of nitrogen functional groups attached to an aromatic ring is 1. The third-order valence-electron chi connectivity index (χ3n) is 13.5. The maximum absolute atomic E-state index is 12.0. The Hall–Kier alpha value is -3.64. The van der Waals surface area contributed by atoms with Gasteiger partial charge in [-0.25, -0.2) is 9.97 Å². The lowest BCUT2D eigenvalue weighted by Gasteiger charge is -2.32. The molecular weight excluding hydrogens is 1030 g/mol. The van der Waals surface area contributed by atoms with Crippen LogP contribution in [-0.2, 0) is 71.6 Å². The topological polar surface area (TPSA) is 224 Å². The molecule has 6 rings (SSSR count). The second kappa shape index (κ2) is 37.3. The number of nitrogens with one attached hydrogen (secondary N) is 1. The molecule has 2 saturated heterocycles. The van der Waals surface area contributed by atoms with Crippen molar-refractivity contribution in [3.63, 3.8) is 0 Å². The quantitative estimate of drug-likeness (QED) is 0.0256. The molecule has 4 aromatic heterocycles. The summed E-state index contributed by atoms with van der Waals surface area (Å²) in [6.07, 6.45) is 14.1. The van der Waals surface area contributed by atoms with E-state index in [1.807, 2.05) is 11.3 Å². The van der Waals surface area contributed by atoms with Crippen LogP contribution in [0.5, 0.6) is 0 Å². The number of nitrogens with zero attached hydrogens (tertiary/aromatic N) is 7. The number of amides is 1. The summed E-state index contributed by atoms with van der Waals surface area (Å²) < 4.78 is 65.4. The summed E-state index contributed by atoms with van der Waals surface area (Å²) in [6, 6.07) is 2.31. The van der Waals surface area contributed by atoms with Gasteiger partial charge < -0.3 is 72.6 Å². The number of carbonyl (C=O) groups excluding carboxylic acids is 1. The Kier molecular flexibility index (Phi) is 30.3. The van der Waals surface area contributed by atoms with Crippen molar-refractivity contribution < 1.29 is 52.0 Å². The van der Waals surface area contributed by atoms with Gasteiger partial charge in [-0.2, -0.15) is 9.97 Å². The second-order valence-corrected chi connectivity index (χ2v) is 21.7. The number of rotatable bonds is 40. The van der Waals surface area contributed by atoms with Crippen LogP contribution >= 0.6 is 11.3 Å². The number of likely N-dealkylation sites (tertiary alicyclic amines) is 2. The van der Waals surface area contributed by atoms with Crippen LogP contribution in [0.2, 0.25) is 0 Å². The SMILES string of the molecule is CCCCc1nc2c(N)nc3cc(C4CCN(CCOCCOCCOCCOCCOCCOCCOCCOCCNC(=O)CCCC#Cc5cnc([S+](C)[O-])nc5)CC4)sc3c2n1CC1CCN(CCOC)CC1. The number of aromatic nitrogens is 5. The highest BCUT2D eigenvalue weighted by Crippen LogP contribution is 2.41. The number of aryl methyl sites for hydroxylation is 1. The first kappa shape index (κ1) is 62.6. The molecule has 0 radical (unpaired) electrons. The average Bonchev–Trinajstić information content (AvgIpc) is 4.09. The Morgan fingerprint density at radius 3 is 1.87 bits per heavy atom. The number of hydrogen-bond acceptors (Lipinski definition) is 19.